The lowest BCUT2D eigenvalue weighted by Gasteiger charge is -1.98. The summed E-state index contributed by atoms with van der Waals surface area (Å²) in [5, 5.41) is 16.8. The molecule has 2 aromatic carbocycles. The maximum Gasteiger partial charge on any atom is 0.0991 e. The number of rotatable bonds is 6. The van der Waals surface area contributed by atoms with E-state index in [1.54, 1.807) is 24.6 Å². The fourth-order valence-electron chi connectivity index (χ4n) is 1.88. The third-order valence-electron chi connectivity index (χ3n) is 3.14. The lowest BCUT2D eigenvalue weighted by molar-refractivity contribution is 1.00. The monoisotopic (exact) mass is 287 g/mol. The van der Waals surface area contributed by atoms with Gasteiger partial charge in [-0.25, -0.2) is 0 Å². The number of allylic oxidation sites excluding steroid dienone is 1. The van der Waals surface area contributed by atoms with Crippen LogP contribution in [0, 0.1) is 11.3 Å². The predicted octanol–water partition coefficient (Wildman–Crippen LogP) is 4.13. The molecule has 0 aromatic heterocycles. The number of benzene rings is 2. The summed E-state index contributed by atoms with van der Waals surface area (Å²) in [6, 6.07) is 17.5. The van der Waals surface area contributed by atoms with Crippen LogP contribution in [0.25, 0.3) is 0 Å². The maximum absolute atomic E-state index is 8.72. The summed E-state index contributed by atoms with van der Waals surface area (Å²) in [4.78, 5) is 0. The third-order valence-corrected chi connectivity index (χ3v) is 3.14. The molecule has 2 rings (SSSR count). The maximum atomic E-state index is 8.72. The van der Waals surface area contributed by atoms with Crippen LogP contribution in [-0.4, -0.2) is 12.4 Å². The second-order valence-electron chi connectivity index (χ2n) is 4.79. The highest BCUT2D eigenvalue weighted by Crippen LogP contribution is 2.06. The molecular formula is C19H17N3. The molecule has 0 unspecified atom stereocenters. The molecule has 0 fully saturated rings. The zero-order chi connectivity index (χ0) is 15.6. The summed E-state index contributed by atoms with van der Waals surface area (Å²) < 4.78 is 0. The minimum Gasteiger partial charge on any atom is -0.192 e. The van der Waals surface area contributed by atoms with Crippen molar-refractivity contribution in [2.24, 2.45) is 10.2 Å². The zero-order valence-corrected chi connectivity index (χ0v) is 12.3. The van der Waals surface area contributed by atoms with Gasteiger partial charge in [-0.3, -0.25) is 0 Å². The number of aryl methyl sites for hydroxylation is 1. The first kappa shape index (κ1) is 15.4. The molecule has 3 heteroatoms. The molecule has 0 N–H and O–H groups in total. The van der Waals surface area contributed by atoms with Crippen molar-refractivity contribution in [3.63, 3.8) is 0 Å². The lowest BCUT2D eigenvalue weighted by Crippen LogP contribution is -1.86. The van der Waals surface area contributed by atoms with Crippen LogP contribution in [0.4, 0.5) is 0 Å². The van der Waals surface area contributed by atoms with Crippen LogP contribution in [-0.2, 0) is 6.42 Å². The Labute approximate surface area is 131 Å². The van der Waals surface area contributed by atoms with Gasteiger partial charge in [0.15, 0.2) is 0 Å². The van der Waals surface area contributed by atoms with Crippen molar-refractivity contribution in [3.05, 3.63) is 83.4 Å². The Hall–Kier alpha value is -2.99. The number of hydrogen-bond acceptors (Lipinski definition) is 3. The standard InChI is InChI=1S/C19H17N3/c1-2-3-4-16-5-9-18(10-6-16)14-21-22-15-19-11-7-17(13-20)8-12-19/h2,5-12,14-15H,1,3-4H2. The fraction of sp³-hybridized carbons (Fsp3) is 0.105. The largest absolute Gasteiger partial charge is 0.192 e. The van der Waals surface area contributed by atoms with E-state index in [0.717, 1.165) is 24.0 Å². The molecule has 0 bridgehead atoms. The van der Waals surface area contributed by atoms with Crippen LogP contribution >= 0.6 is 0 Å². The second kappa shape index (κ2) is 8.33. The molecular weight excluding hydrogens is 270 g/mol. The molecule has 0 saturated carbocycles. The van der Waals surface area contributed by atoms with Gasteiger partial charge in [-0.2, -0.15) is 15.5 Å². The quantitative estimate of drug-likeness (QED) is 0.447. The lowest BCUT2D eigenvalue weighted by atomic mass is 10.1. The Kier molecular flexibility index (Phi) is 5.83. The molecule has 0 spiro atoms. The minimum atomic E-state index is 0.636. The molecule has 0 aliphatic carbocycles. The van der Waals surface area contributed by atoms with Gasteiger partial charge in [0.1, 0.15) is 0 Å². The van der Waals surface area contributed by atoms with Crippen LogP contribution in [0.2, 0.25) is 0 Å². The van der Waals surface area contributed by atoms with Crippen molar-refractivity contribution in [2.45, 2.75) is 12.8 Å². The summed E-state index contributed by atoms with van der Waals surface area (Å²) in [7, 11) is 0. The molecule has 22 heavy (non-hydrogen) atoms. The molecule has 0 amide bonds. The van der Waals surface area contributed by atoms with E-state index < -0.39 is 0 Å². The van der Waals surface area contributed by atoms with Gasteiger partial charge >= 0.3 is 0 Å². The number of nitrogens with zero attached hydrogens (tertiary/aromatic N) is 3. The Balaban J connectivity index is 1.92. The first-order chi connectivity index (χ1) is 10.8. The van der Waals surface area contributed by atoms with Gasteiger partial charge < -0.3 is 0 Å². The van der Waals surface area contributed by atoms with Gasteiger partial charge in [0.05, 0.1) is 24.1 Å². The van der Waals surface area contributed by atoms with E-state index in [0.29, 0.717) is 5.56 Å². The average Bonchev–Trinajstić information content (AvgIpc) is 2.58. The van der Waals surface area contributed by atoms with E-state index in [-0.39, 0.29) is 0 Å². The molecule has 0 aliphatic rings. The summed E-state index contributed by atoms with van der Waals surface area (Å²) in [6.45, 7) is 3.72. The summed E-state index contributed by atoms with van der Waals surface area (Å²) in [6.07, 6.45) is 7.31. The minimum absolute atomic E-state index is 0.636. The van der Waals surface area contributed by atoms with E-state index in [1.807, 2.05) is 30.3 Å². The Morgan fingerprint density at radius 1 is 0.909 bits per heavy atom. The topological polar surface area (TPSA) is 48.5 Å². The summed E-state index contributed by atoms with van der Waals surface area (Å²) in [5.41, 5.74) is 3.85. The number of nitriles is 1. The smallest absolute Gasteiger partial charge is 0.0991 e. The Bertz CT molecular complexity index is 702. The molecule has 0 atom stereocenters. The second-order valence-corrected chi connectivity index (χ2v) is 4.79. The van der Waals surface area contributed by atoms with Crippen molar-refractivity contribution in [2.75, 3.05) is 0 Å². The SMILES string of the molecule is C=CCCc1ccc(C=NN=Cc2ccc(C#N)cc2)cc1. The van der Waals surface area contributed by atoms with Gasteiger partial charge in [0, 0.05) is 0 Å². The van der Waals surface area contributed by atoms with Crippen LogP contribution in [0.5, 0.6) is 0 Å². The molecule has 108 valence electrons. The van der Waals surface area contributed by atoms with E-state index in [2.05, 4.69) is 35.0 Å². The summed E-state index contributed by atoms with van der Waals surface area (Å²) >= 11 is 0. The van der Waals surface area contributed by atoms with Gasteiger partial charge in [0.25, 0.3) is 0 Å². The van der Waals surface area contributed by atoms with Crippen LogP contribution in [0.1, 0.15) is 28.7 Å². The highest BCUT2D eigenvalue weighted by atomic mass is 15.2. The van der Waals surface area contributed by atoms with Crippen LogP contribution < -0.4 is 0 Å². The molecule has 0 heterocycles. The van der Waals surface area contributed by atoms with E-state index in [1.165, 1.54) is 5.56 Å². The highest BCUT2D eigenvalue weighted by molar-refractivity contribution is 5.82. The molecule has 0 radical (unpaired) electrons. The number of hydrogen-bond donors (Lipinski definition) is 0. The van der Waals surface area contributed by atoms with Crippen molar-refractivity contribution >= 4 is 12.4 Å². The van der Waals surface area contributed by atoms with E-state index >= 15 is 0 Å². The van der Waals surface area contributed by atoms with Gasteiger partial charge in [-0.05, 0) is 41.7 Å². The molecule has 3 nitrogen and oxygen atoms in total. The van der Waals surface area contributed by atoms with Crippen molar-refractivity contribution in [3.8, 4) is 6.07 Å². The van der Waals surface area contributed by atoms with Gasteiger partial charge in [-0.15, -0.1) is 6.58 Å². The van der Waals surface area contributed by atoms with Crippen molar-refractivity contribution in [1.82, 2.24) is 0 Å². The first-order valence-corrected chi connectivity index (χ1v) is 7.08. The van der Waals surface area contributed by atoms with E-state index in [9.17, 15) is 0 Å². The Morgan fingerprint density at radius 3 is 1.95 bits per heavy atom. The first-order valence-electron chi connectivity index (χ1n) is 7.08. The fourth-order valence-corrected chi connectivity index (χ4v) is 1.88. The zero-order valence-electron chi connectivity index (χ0n) is 12.3. The van der Waals surface area contributed by atoms with Crippen LogP contribution in [0.15, 0.2) is 71.4 Å². The molecule has 0 aliphatic heterocycles. The third kappa shape index (κ3) is 4.84. The van der Waals surface area contributed by atoms with Crippen LogP contribution in [0.3, 0.4) is 0 Å². The van der Waals surface area contributed by atoms with Crippen molar-refractivity contribution in [1.29, 1.82) is 5.26 Å². The van der Waals surface area contributed by atoms with E-state index in [4.69, 9.17) is 5.26 Å². The average molecular weight is 287 g/mol. The normalized spacial score (nSPS) is 10.9. The molecule has 0 saturated heterocycles. The van der Waals surface area contributed by atoms with Crippen molar-refractivity contribution < 1.29 is 0 Å². The predicted molar refractivity (Wildman–Crippen MR) is 91.3 cm³/mol. The summed E-state index contributed by atoms with van der Waals surface area (Å²) in [5.74, 6) is 0. The molecule has 2 aromatic rings. The van der Waals surface area contributed by atoms with Gasteiger partial charge in [-0.1, -0.05) is 42.5 Å². The Morgan fingerprint density at radius 2 is 1.45 bits per heavy atom. The van der Waals surface area contributed by atoms with Gasteiger partial charge in [0.2, 0.25) is 0 Å². The highest BCUT2D eigenvalue weighted by Gasteiger charge is 1.92.